The van der Waals surface area contributed by atoms with E-state index in [0.29, 0.717) is 17.7 Å². The van der Waals surface area contributed by atoms with Crippen molar-refractivity contribution in [1.82, 2.24) is 14.9 Å². The normalized spacial score (nSPS) is 17.2. The number of ether oxygens (including phenoxy) is 1. The van der Waals surface area contributed by atoms with Gasteiger partial charge in [0.05, 0.1) is 6.10 Å². The number of anilines is 1. The molecule has 1 fully saturated rings. The Morgan fingerprint density at radius 1 is 1.33 bits per heavy atom. The number of aryl methyl sites for hydroxylation is 1. The van der Waals surface area contributed by atoms with E-state index in [-0.39, 0.29) is 6.10 Å². The summed E-state index contributed by atoms with van der Waals surface area (Å²) in [5, 5.41) is 3.38. The topological polar surface area (TPSA) is 50.3 Å². The van der Waals surface area contributed by atoms with Gasteiger partial charge in [-0.05, 0) is 59.2 Å². The maximum Gasteiger partial charge on any atom is 0.226 e. The highest BCUT2D eigenvalue weighted by atomic mass is 16.5. The summed E-state index contributed by atoms with van der Waals surface area (Å²) in [5.74, 6) is 2.05. The number of rotatable bonds is 6. The minimum atomic E-state index is 0.130. The molecule has 2 heterocycles. The first-order valence-electron chi connectivity index (χ1n) is 8.05. The van der Waals surface area contributed by atoms with Crippen LogP contribution in [0.4, 0.5) is 5.95 Å². The van der Waals surface area contributed by atoms with Gasteiger partial charge in [0.25, 0.3) is 0 Å². The Morgan fingerprint density at radius 2 is 2.05 bits per heavy atom. The molecule has 1 aromatic rings. The summed E-state index contributed by atoms with van der Waals surface area (Å²) in [4.78, 5) is 11.4. The van der Waals surface area contributed by atoms with E-state index in [1.54, 1.807) is 0 Å². The van der Waals surface area contributed by atoms with Crippen LogP contribution in [0.5, 0.6) is 5.88 Å². The maximum atomic E-state index is 5.66. The minimum absolute atomic E-state index is 0.130. The molecule has 1 saturated heterocycles. The lowest BCUT2D eigenvalue weighted by Gasteiger charge is -2.31. The van der Waals surface area contributed by atoms with Crippen molar-refractivity contribution in [3.63, 3.8) is 0 Å². The Hall–Kier alpha value is -1.36. The zero-order valence-corrected chi connectivity index (χ0v) is 13.7. The van der Waals surface area contributed by atoms with E-state index in [4.69, 9.17) is 4.74 Å². The SMILES string of the molecule is CCN1CCC(CNc2nc(C)cc(OC(C)C)n2)CC1. The second-order valence-electron chi connectivity index (χ2n) is 6.10. The van der Waals surface area contributed by atoms with Crippen molar-refractivity contribution >= 4 is 5.95 Å². The molecule has 0 radical (unpaired) electrons. The summed E-state index contributed by atoms with van der Waals surface area (Å²) in [5.41, 5.74) is 0.934. The maximum absolute atomic E-state index is 5.66. The van der Waals surface area contributed by atoms with Gasteiger partial charge in [0, 0.05) is 18.3 Å². The first kappa shape index (κ1) is 16.0. The van der Waals surface area contributed by atoms with Crippen LogP contribution in [0.3, 0.4) is 0 Å². The van der Waals surface area contributed by atoms with Gasteiger partial charge in [-0.15, -0.1) is 0 Å². The Labute approximate surface area is 128 Å². The van der Waals surface area contributed by atoms with Gasteiger partial charge in [-0.25, -0.2) is 4.98 Å². The molecule has 0 saturated carbocycles. The molecule has 0 atom stereocenters. The van der Waals surface area contributed by atoms with Gasteiger partial charge < -0.3 is 15.0 Å². The van der Waals surface area contributed by atoms with Gasteiger partial charge in [0.2, 0.25) is 11.8 Å². The van der Waals surface area contributed by atoms with Crippen molar-refractivity contribution in [2.45, 2.75) is 46.6 Å². The quantitative estimate of drug-likeness (QED) is 0.873. The van der Waals surface area contributed by atoms with Gasteiger partial charge in [0.1, 0.15) is 0 Å². The second kappa shape index (κ2) is 7.59. The average Bonchev–Trinajstić information content (AvgIpc) is 2.44. The second-order valence-corrected chi connectivity index (χ2v) is 6.10. The first-order valence-corrected chi connectivity index (χ1v) is 8.05. The van der Waals surface area contributed by atoms with Crippen LogP contribution in [0.1, 0.15) is 39.3 Å². The molecule has 1 aliphatic rings. The van der Waals surface area contributed by atoms with Gasteiger partial charge in [-0.1, -0.05) is 6.92 Å². The number of aromatic nitrogens is 2. The van der Waals surface area contributed by atoms with Crippen LogP contribution in [0.25, 0.3) is 0 Å². The molecule has 1 aliphatic heterocycles. The number of nitrogens with zero attached hydrogens (tertiary/aromatic N) is 3. The van der Waals surface area contributed by atoms with E-state index in [9.17, 15) is 0 Å². The summed E-state index contributed by atoms with van der Waals surface area (Å²) >= 11 is 0. The number of likely N-dealkylation sites (tertiary alicyclic amines) is 1. The monoisotopic (exact) mass is 292 g/mol. The molecule has 5 heteroatoms. The Morgan fingerprint density at radius 3 is 2.67 bits per heavy atom. The molecule has 0 bridgehead atoms. The van der Waals surface area contributed by atoms with Crippen molar-refractivity contribution in [3.8, 4) is 5.88 Å². The zero-order valence-electron chi connectivity index (χ0n) is 13.7. The van der Waals surface area contributed by atoms with E-state index >= 15 is 0 Å². The van der Waals surface area contributed by atoms with E-state index in [1.807, 2.05) is 26.8 Å². The van der Waals surface area contributed by atoms with Crippen LogP contribution in [0, 0.1) is 12.8 Å². The molecular weight excluding hydrogens is 264 g/mol. The van der Waals surface area contributed by atoms with Crippen molar-refractivity contribution in [2.24, 2.45) is 5.92 Å². The van der Waals surface area contributed by atoms with E-state index in [1.165, 1.54) is 25.9 Å². The zero-order chi connectivity index (χ0) is 15.2. The van der Waals surface area contributed by atoms with E-state index < -0.39 is 0 Å². The molecule has 1 aromatic heterocycles. The molecule has 1 N–H and O–H groups in total. The molecular formula is C16H28N4O. The fourth-order valence-corrected chi connectivity index (χ4v) is 2.66. The number of nitrogens with one attached hydrogen (secondary N) is 1. The van der Waals surface area contributed by atoms with Crippen LogP contribution in [-0.4, -0.2) is 47.2 Å². The average molecular weight is 292 g/mol. The molecule has 0 aromatic carbocycles. The first-order chi connectivity index (χ1) is 10.1. The lowest BCUT2D eigenvalue weighted by atomic mass is 9.97. The van der Waals surface area contributed by atoms with Crippen LogP contribution in [0.2, 0.25) is 0 Å². The molecule has 118 valence electrons. The van der Waals surface area contributed by atoms with Gasteiger partial charge >= 0.3 is 0 Å². The highest BCUT2D eigenvalue weighted by molar-refractivity contribution is 5.30. The van der Waals surface area contributed by atoms with Crippen LogP contribution >= 0.6 is 0 Å². The van der Waals surface area contributed by atoms with Gasteiger partial charge in [-0.3, -0.25) is 0 Å². The summed E-state index contributed by atoms with van der Waals surface area (Å²) < 4.78 is 5.66. The number of hydrogen-bond donors (Lipinski definition) is 1. The van der Waals surface area contributed by atoms with Crippen LogP contribution < -0.4 is 10.1 Å². The van der Waals surface area contributed by atoms with Crippen molar-refractivity contribution < 1.29 is 4.74 Å². The van der Waals surface area contributed by atoms with Crippen molar-refractivity contribution in [3.05, 3.63) is 11.8 Å². The molecule has 0 spiro atoms. The van der Waals surface area contributed by atoms with Crippen molar-refractivity contribution in [1.29, 1.82) is 0 Å². The molecule has 5 nitrogen and oxygen atoms in total. The molecule has 21 heavy (non-hydrogen) atoms. The lowest BCUT2D eigenvalue weighted by Crippen LogP contribution is -2.35. The largest absolute Gasteiger partial charge is 0.475 e. The predicted octanol–water partition coefficient (Wildman–Crippen LogP) is 2.72. The summed E-state index contributed by atoms with van der Waals surface area (Å²) in [6, 6.07) is 1.88. The van der Waals surface area contributed by atoms with Gasteiger partial charge in [0.15, 0.2) is 0 Å². The smallest absolute Gasteiger partial charge is 0.226 e. The highest BCUT2D eigenvalue weighted by Gasteiger charge is 2.18. The molecule has 0 amide bonds. The van der Waals surface area contributed by atoms with E-state index in [2.05, 4.69) is 27.1 Å². The Balaban J connectivity index is 1.86. The Kier molecular flexibility index (Phi) is 5.79. The predicted molar refractivity (Wildman–Crippen MR) is 85.9 cm³/mol. The molecule has 0 aliphatic carbocycles. The lowest BCUT2D eigenvalue weighted by molar-refractivity contribution is 0.198. The van der Waals surface area contributed by atoms with E-state index in [0.717, 1.165) is 18.8 Å². The third kappa shape index (κ3) is 5.16. The van der Waals surface area contributed by atoms with Gasteiger partial charge in [-0.2, -0.15) is 4.98 Å². The Bertz CT molecular complexity index is 442. The molecule has 2 rings (SSSR count). The summed E-state index contributed by atoms with van der Waals surface area (Å²) in [6.07, 6.45) is 2.63. The summed E-state index contributed by atoms with van der Waals surface area (Å²) in [7, 11) is 0. The van der Waals surface area contributed by atoms with Crippen LogP contribution in [0.15, 0.2) is 6.07 Å². The number of piperidine rings is 1. The highest BCUT2D eigenvalue weighted by Crippen LogP contribution is 2.18. The third-order valence-electron chi connectivity index (χ3n) is 3.89. The molecule has 0 unspecified atom stereocenters. The van der Waals surface area contributed by atoms with Crippen molar-refractivity contribution in [2.75, 3.05) is 31.5 Å². The number of hydrogen-bond acceptors (Lipinski definition) is 5. The van der Waals surface area contributed by atoms with Crippen LogP contribution in [-0.2, 0) is 0 Å². The standard InChI is InChI=1S/C16H28N4O/c1-5-20-8-6-14(7-9-20)11-17-16-18-13(4)10-15(19-16)21-12(2)3/h10,12,14H,5-9,11H2,1-4H3,(H,17,18,19). The third-order valence-corrected chi connectivity index (χ3v) is 3.89. The minimum Gasteiger partial charge on any atom is -0.475 e. The fourth-order valence-electron chi connectivity index (χ4n) is 2.66. The fraction of sp³-hybridized carbons (Fsp3) is 0.750. The summed E-state index contributed by atoms with van der Waals surface area (Å²) in [6.45, 7) is 12.7.